The third-order valence-electron chi connectivity index (χ3n) is 1.74. The average molecular weight is 231 g/mol. The highest BCUT2D eigenvalue weighted by molar-refractivity contribution is 8.13. The van der Waals surface area contributed by atoms with Gasteiger partial charge in [0.05, 0.1) is 6.04 Å². The molecule has 0 aromatic rings. The molecule has 0 bridgehead atoms. The Balaban J connectivity index is 3.85. The monoisotopic (exact) mass is 231 g/mol. The molecule has 0 aromatic carbocycles. The van der Waals surface area contributed by atoms with E-state index in [1.165, 1.54) is 11.8 Å². The number of thioether (sulfide) groups is 1. The van der Waals surface area contributed by atoms with Crippen molar-refractivity contribution >= 4 is 23.3 Å². The van der Waals surface area contributed by atoms with Crippen molar-refractivity contribution in [2.24, 2.45) is 11.8 Å². The molecule has 1 N–H and O–H groups in total. The maximum atomic E-state index is 11.4. The van der Waals surface area contributed by atoms with E-state index in [4.69, 9.17) is 0 Å². The highest BCUT2D eigenvalue weighted by Gasteiger charge is 2.13. The van der Waals surface area contributed by atoms with Crippen LogP contribution in [-0.4, -0.2) is 23.3 Å². The molecule has 0 saturated carbocycles. The highest BCUT2D eigenvalue weighted by Crippen LogP contribution is 2.10. The number of rotatable bonds is 6. The van der Waals surface area contributed by atoms with Crippen LogP contribution in [0.15, 0.2) is 0 Å². The quantitative estimate of drug-likeness (QED) is 0.715. The maximum Gasteiger partial charge on any atom is 0.279 e. The second-order valence-electron chi connectivity index (χ2n) is 4.51. The van der Waals surface area contributed by atoms with Crippen LogP contribution < -0.4 is 5.32 Å². The summed E-state index contributed by atoms with van der Waals surface area (Å²) in [5, 5.41) is 2.61. The summed E-state index contributed by atoms with van der Waals surface area (Å²) in [4.78, 5) is 22.1. The third-order valence-corrected chi connectivity index (χ3v) is 2.95. The molecule has 3 nitrogen and oxygen atoms in total. The lowest BCUT2D eigenvalue weighted by Crippen LogP contribution is -2.34. The van der Waals surface area contributed by atoms with Crippen LogP contribution in [-0.2, 0) is 4.79 Å². The van der Waals surface area contributed by atoms with Crippen molar-refractivity contribution in [1.29, 1.82) is 0 Å². The summed E-state index contributed by atoms with van der Waals surface area (Å²) in [5.41, 5.74) is 0. The predicted octanol–water partition coefficient (Wildman–Crippen LogP) is 2.70. The largest absolute Gasteiger partial charge is 0.337 e. The number of aldehydes is 1. The molecule has 0 aliphatic carbocycles. The number of carbonyl (C=O) groups is 2. The normalized spacial score (nSPS) is 12.9. The Morgan fingerprint density at radius 2 is 1.87 bits per heavy atom. The number of nitrogens with one attached hydrogen (secondary N) is 1. The zero-order valence-corrected chi connectivity index (χ0v) is 10.8. The van der Waals surface area contributed by atoms with Crippen LogP contribution >= 0.6 is 11.8 Å². The molecular weight excluding hydrogens is 210 g/mol. The molecular formula is C11H21NO2S. The van der Waals surface area contributed by atoms with Gasteiger partial charge in [-0.1, -0.05) is 39.5 Å². The summed E-state index contributed by atoms with van der Waals surface area (Å²) in [6, 6.07) is -0.336. The van der Waals surface area contributed by atoms with Crippen molar-refractivity contribution in [3.05, 3.63) is 0 Å². The Labute approximate surface area is 96.4 Å². The molecule has 0 aromatic heterocycles. The Morgan fingerprint density at radius 1 is 1.27 bits per heavy atom. The lowest BCUT2D eigenvalue weighted by molar-refractivity contribution is -0.109. The van der Waals surface area contributed by atoms with Gasteiger partial charge in [0.25, 0.3) is 5.24 Å². The second-order valence-corrected chi connectivity index (χ2v) is 5.50. The lowest BCUT2D eigenvalue weighted by Gasteiger charge is -2.14. The second kappa shape index (κ2) is 7.74. The minimum absolute atomic E-state index is 0.0959. The SMILES string of the molecule is CC(C)CSC(=O)NC(C=O)CC(C)C. The van der Waals surface area contributed by atoms with Crippen molar-refractivity contribution in [2.45, 2.75) is 40.2 Å². The molecule has 0 radical (unpaired) electrons. The standard InChI is InChI=1S/C11H21NO2S/c1-8(2)5-10(6-13)12-11(14)15-7-9(3)4/h6,8-10H,5,7H2,1-4H3,(H,12,14). The van der Waals surface area contributed by atoms with Gasteiger partial charge in [-0.25, -0.2) is 0 Å². The van der Waals surface area contributed by atoms with E-state index < -0.39 is 0 Å². The third kappa shape index (κ3) is 8.48. The van der Waals surface area contributed by atoms with Gasteiger partial charge >= 0.3 is 0 Å². The zero-order valence-electron chi connectivity index (χ0n) is 9.95. The Kier molecular flexibility index (Phi) is 7.48. The van der Waals surface area contributed by atoms with Gasteiger partial charge in [0.1, 0.15) is 6.29 Å². The van der Waals surface area contributed by atoms with Crippen LogP contribution in [0.2, 0.25) is 0 Å². The molecule has 0 heterocycles. The van der Waals surface area contributed by atoms with Crippen LogP contribution in [0.4, 0.5) is 4.79 Å². The van der Waals surface area contributed by atoms with E-state index >= 15 is 0 Å². The van der Waals surface area contributed by atoms with E-state index in [1.807, 2.05) is 13.8 Å². The molecule has 0 aliphatic rings. The highest BCUT2D eigenvalue weighted by atomic mass is 32.2. The summed E-state index contributed by atoms with van der Waals surface area (Å²) in [7, 11) is 0. The summed E-state index contributed by atoms with van der Waals surface area (Å²) < 4.78 is 0. The molecule has 0 saturated heterocycles. The first kappa shape index (κ1) is 14.5. The lowest BCUT2D eigenvalue weighted by atomic mass is 10.1. The average Bonchev–Trinajstić information content (AvgIpc) is 2.13. The Bertz CT molecular complexity index is 205. The fraction of sp³-hybridized carbons (Fsp3) is 0.818. The van der Waals surface area contributed by atoms with E-state index in [1.54, 1.807) is 0 Å². The smallest absolute Gasteiger partial charge is 0.279 e. The molecule has 1 atom stereocenters. The molecule has 0 rings (SSSR count). The molecule has 1 unspecified atom stereocenters. The van der Waals surface area contributed by atoms with Gasteiger partial charge in [-0.05, 0) is 18.3 Å². The first-order valence-corrected chi connectivity index (χ1v) is 6.32. The summed E-state index contributed by atoms with van der Waals surface area (Å²) in [5.74, 6) is 1.69. The minimum Gasteiger partial charge on any atom is -0.337 e. The first-order valence-electron chi connectivity index (χ1n) is 5.34. The van der Waals surface area contributed by atoms with E-state index in [0.29, 0.717) is 18.3 Å². The number of carbonyl (C=O) groups excluding carboxylic acids is 2. The predicted molar refractivity (Wildman–Crippen MR) is 65.1 cm³/mol. The van der Waals surface area contributed by atoms with E-state index in [9.17, 15) is 9.59 Å². The molecule has 0 fully saturated rings. The topological polar surface area (TPSA) is 46.2 Å². The van der Waals surface area contributed by atoms with Gasteiger partial charge in [0.15, 0.2) is 0 Å². The van der Waals surface area contributed by atoms with E-state index in [0.717, 1.165) is 12.0 Å². The zero-order chi connectivity index (χ0) is 11.8. The van der Waals surface area contributed by atoms with Crippen molar-refractivity contribution in [2.75, 3.05) is 5.75 Å². The van der Waals surface area contributed by atoms with Crippen molar-refractivity contribution < 1.29 is 9.59 Å². The fourth-order valence-electron chi connectivity index (χ4n) is 1.09. The van der Waals surface area contributed by atoms with Crippen molar-refractivity contribution in [1.82, 2.24) is 5.32 Å². The van der Waals surface area contributed by atoms with E-state index in [-0.39, 0.29) is 11.3 Å². The van der Waals surface area contributed by atoms with Gasteiger partial charge in [0.2, 0.25) is 0 Å². The van der Waals surface area contributed by atoms with Crippen LogP contribution in [0.1, 0.15) is 34.1 Å². The van der Waals surface area contributed by atoms with Gasteiger partial charge in [0, 0.05) is 5.75 Å². The molecule has 0 spiro atoms. The molecule has 0 aliphatic heterocycles. The van der Waals surface area contributed by atoms with Crippen LogP contribution in [0.3, 0.4) is 0 Å². The van der Waals surface area contributed by atoms with Crippen molar-refractivity contribution in [3.8, 4) is 0 Å². The summed E-state index contributed by atoms with van der Waals surface area (Å²) in [6.45, 7) is 8.19. The van der Waals surface area contributed by atoms with Gasteiger partial charge in [-0.15, -0.1) is 0 Å². The summed E-state index contributed by atoms with van der Waals surface area (Å²) >= 11 is 1.25. The maximum absolute atomic E-state index is 11.4. The summed E-state index contributed by atoms with van der Waals surface area (Å²) in [6.07, 6.45) is 1.52. The Morgan fingerprint density at radius 3 is 2.27 bits per heavy atom. The molecule has 15 heavy (non-hydrogen) atoms. The fourth-order valence-corrected chi connectivity index (χ4v) is 1.81. The van der Waals surface area contributed by atoms with Gasteiger partial charge in [-0.2, -0.15) is 0 Å². The van der Waals surface area contributed by atoms with E-state index in [2.05, 4.69) is 19.2 Å². The van der Waals surface area contributed by atoms with Crippen LogP contribution in [0, 0.1) is 11.8 Å². The molecule has 4 heteroatoms. The van der Waals surface area contributed by atoms with Crippen LogP contribution in [0.5, 0.6) is 0 Å². The van der Waals surface area contributed by atoms with Gasteiger partial charge in [-0.3, -0.25) is 4.79 Å². The number of amides is 1. The first-order chi connectivity index (χ1) is 6.95. The van der Waals surface area contributed by atoms with Crippen LogP contribution in [0.25, 0.3) is 0 Å². The number of hydrogen-bond acceptors (Lipinski definition) is 3. The van der Waals surface area contributed by atoms with Gasteiger partial charge < -0.3 is 10.1 Å². The van der Waals surface area contributed by atoms with Crippen molar-refractivity contribution in [3.63, 3.8) is 0 Å². The Hall–Kier alpha value is -0.510. The minimum atomic E-state index is -0.336. The number of hydrogen-bond donors (Lipinski definition) is 1. The molecule has 1 amide bonds. The molecule has 88 valence electrons.